The van der Waals surface area contributed by atoms with E-state index in [0.717, 1.165) is 56.1 Å². The first kappa shape index (κ1) is 40.4. The number of rotatable bonds is 7. The molecule has 0 fully saturated rings. The fraction of sp³-hybridized carbons (Fsp3) is 0.0645. The average molecular weight is 849 g/mol. The molecule has 0 N–H and O–H groups in total. The Kier molecular flexibility index (Phi) is 10.4. The summed E-state index contributed by atoms with van der Waals surface area (Å²) in [4.78, 5) is 10.3. The molecule has 0 spiro atoms. The van der Waals surface area contributed by atoms with Crippen molar-refractivity contribution < 1.29 is 0 Å². The molecule has 8 aromatic carbocycles. The van der Waals surface area contributed by atoms with Crippen LogP contribution in [0.15, 0.2) is 219 Å². The van der Waals surface area contributed by atoms with Gasteiger partial charge in [0.1, 0.15) is 0 Å². The predicted octanol–water partition coefficient (Wildman–Crippen LogP) is 16.6. The molecule has 0 amide bonds. The topological polar surface area (TPSA) is 35.6 Å². The summed E-state index contributed by atoms with van der Waals surface area (Å²) in [6.07, 6.45) is 4.05. The molecule has 0 bridgehead atoms. The molecular formula is C62H48N4. The summed E-state index contributed by atoms with van der Waals surface area (Å²) in [5.74, 6) is 0. The van der Waals surface area contributed by atoms with Gasteiger partial charge in [-0.2, -0.15) is 0 Å². The van der Waals surface area contributed by atoms with E-state index in [4.69, 9.17) is 9.97 Å². The van der Waals surface area contributed by atoms with Gasteiger partial charge in [0.05, 0.1) is 33.5 Å². The maximum Gasteiger partial charge on any atom is 0.0702 e. The normalized spacial score (nSPS) is 11.3. The molecule has 0 atom stereocenters. The molecule has 0 aliphatic rings. The van der Waals surface area contributed by atoms with Gasteiger partial charge in [0.15, 0.2) is 0 Å². The zero-order valence-electron chi connectivity index (χ0n) is 37.6. The van der Waals surface area contributed by atoms with Crippen LogP contribution in [0, 0.1) is 13.8 Å². The van der Waals surface area contributed by atoms with Crippen molar-refractivity contribution in [2.24, 2.45) is 0 Å². The minimum Gasteiger partial charge on any atom is -0.309 e. The number of aromatic nitrogens is 4. The Morgan fingerprint density at radius 1 is 0.318 bits per heavy atom. The first-order chi connectivity index (χ1) is 32.6. The number of aryl methyl sites for hydroxylation is 1. The standard InChI is InChI=1S/C60H42N4.C2H6/c1-39-15-9-10-20-48(39)52-36-45(56-29-25-43(37-61-56)41-27-31-59-53(33-41)49-21-11-13-23-57(49)63(59)46-16-5-3-6-17-46)35-51(40(52)2)44-26-30-55(62-38-44)42-28-32-60-54(34-42)50-22-12-14-24-58(50)64(60)47-18-7-4-8-19-47;1-2/h3-38H,1-2H3;1-2H3. The fourth-order valence-electron chi connectivity index (χ4n) is 9.77. The van der Waals surface area contributed by atoms with Gasteiger partial charge in [-0.05, 0) is 132 Å². The summed E-state index contributed by atoms with van der Waals surface area (Å²) < 4.78 is 4.70. The summed E-state index contributed by atoms with van der Waals surface area (Å²) >= 11 is 0. The van der Waals surface area contributed by atoms with Crippen LogP contribution in [0.1, 0.15) is 25.0 Å². The van der Waals surface area contributed by atoms with Crippen LogP contribution in [0.25, 0.3) is 111 Å². The molecule has 12 rings (SSSR count). The van der Waals surface area contributed by atoms with Gasteiger partial charge in [-0.3, -0.25) is 9.97 Å². The minimum absolute atomic E-state index is 0.925. The van der Waals surface area contributed by atoms with E-state index in [9.17, 15) is 0 Å². The van der Waals surface area contributed by atoms with Gasteiger partial charge in [-0.15, -0.1) is 0 Å². The van der Waals surface area contributed by atoms with Crippen molar-refractivity contribution in [2.45, 2.75) is 27.7 Å². The SMILES string of the molecule is CC.Cc1ccccc1-c1cc(-c2ccc(-c3ccc4c(c3)c3ccccc3n4-c3ccccc3)cn2)cc(-c2ccc(-c3ccc4c(c3)c3ccccc3n4-c3ccccc3)nc2)c1C. The largest absolute Gasteiger partial charge is 0.309 e. The fourth-order valence-corrected chi connectivity index (χ4v) is 9.77. The summed E-state index contributed by atoms with van der Waals surface area (Å²) in [7, 11) is 0. The number of para-hydroxylation sites is 4. The number of benzene rings is 8. The third-order valence-corrected chi connectivity index (χ3v) is 13.0. The smallest absolute Gasteiger partial charge is 0.0702 e. The highest BCUT2D eigenvalue weighted by Crippen LogP contribution is 2.40. The molecule has 12 aromatic rings. The zero-order valence-corrected chi connectivity index (χ0v) is 37.6. The van der Waals surface area contributed by atoms with E-state index in [0.29, 0.717) is 0 Å². The highest BCUT2D eigenvalue weighted by Gasteiger charge is 2.18. The van der Waals surface area contributed by atoms with Gasteiger partial charge in [-0.25, -0.2) is 0 Å². The van der Waals surface area contributed by atoms with Gasteiger partial charge in [0.25, 0.3) is 0 Å². The molecule has 0 saturated heterocycles. The predicted molar refractivity (Wildman–Crippen MR) is 279 cm³/mol. The summed E-state index contributed by atoms with van der Waals surface area (Å²) in [6.45, 7) is 8.42. The molecule has 0 aliphatic carbocycles. The van der Waals surface area contributed by atoms with Gasteiger partial charge in [0, 0.05) is 67.6 Å². The second kappa shape index (κ2) is 17.0. The quantitative estimate of drug-likeness (QED) is 0.160. The van der Waals surface area contributed by atoms with Crippen LogP contribution in [-0.2, 0) is 0 Å². The summed E-state index contributed by atoms with van der Waals surface area (Å²) in [6, 6.07) is 74.0. The number of nitrogens with zero attached hydrogens (tertiary/aromatic N) is 4. The maximum absolute atomic E-state index is 5.14. The Labute approximate surface area is 385 Å². The van der Waals surface area contributed by atoms with Crippen LogP contribution >= 0.6 is 0 Å². The second-order valence-electron chi connectivity index (χ2n) is 16.7. The molecule has 0 unspecified atom stereocenters. The van der Waals surface area contributed by atoms with E-state index in [1.807, 2.05) is 26.2 Å². The molecule has 0 saturated carbocycles. The number of pyridine rings is 2. The lowest BCUT2D eigenvalue weighted by molar-refractivity contribution is 1.18. The van der Waals surface area contributed by atoms with Gasteiger partial charge < -0.3 is 9.13 Å². The molecule has 4 nitrogen and oxygen atoms in total. The van der Waals surface area contributed by atoms with E-state index in [2.05, 4.69) is 229 Å². The monoisotopic (exact) mass is 848 g/mol. The molecule has 0 aliphatic heterocycles. The zero-order chi connectivity index (χ0) is 44.7. The number of fused-ring (bicyclic) bond motifs is 6. The van der Waals surface area contributed by atoms with E-state index >= 15 is 0 Å². The van der Waals surface area contributed by atoms with Crippen molar-refractivity contribution in [2.75, 3.05) is 0 Å². The van der Waals surface area contributed by atoms with E-state index in [1.54, 1.807) is 0 Å². The second-order valence-corrected chi connectivity index (χ2v) is 16.7. The Hall–Kier alpha value is -8.34. The van der Waals surface area contributed by atoms with E-state index in [-0.39, 0.29) is 0 Å². The molecule has 0 radical (unpaired) electrons. The van der Waals surface area contributed by atoms with Crippen molar-refractivity contribution in [3.05, 3.63) is 230 Å². The van der Waals surface area contributed by atoms with Gasteiger partial charge in [-0.1, -0.05) is 135 Å². The number of hydrogen-bond acceptors (Lipinski definition) is 2. The van der Waals surface area contributed by atoms with Crippen LogP contribution in [0.5, 0.6) is 0 Å². The third kappa shape index (κ3) is 6.95. The van der Waals surface area contributed by atoms with Crippen molar-refractivity contribution in [1.29, 1.82) is 0 Å². The maximum atomic E-state index is 5.14. The Morgan fingerprint density at radius 2 is 0.773 bits per heavy atom. The van der Waals surface area contributed by atoms with E-state index in [1.165, 1.54) is 65.9 Å². The summed E-state index contributed by atoms with van der Waals surface area (Å²) in [5, 5.41) is 4.90. The van der Waals surface area contributed by atoms with Crippen molar-refractivity contribution >= 4 is 43.6 Å². The number of hydrogen-bond donors (Lipinski definition) is 0. The minimum atomic E-state index is 0.925. The third-order valence-electron chi connectivity index (χ3n) is 13.0. The van der Waals surface area contributed by atoms with Gasteiger partial charge in [0.2, 0.25) is 0 Å². The molecule has 66 heavy (non-hydrogen) atoms. The van der Waals surface area contributed by atoms with Crippen LogP contribution < -0.4 is 0 Å². The first-order valence-corrected chi connectivity index (χ1v) is 22.9. The lowest BCUT2D eigenvalue weighted by Crippen LogP contribution is -1.95. The molecule has 4 heteroatoms. The first-order valence-electron chi connectivity index (χ1n) is 22.9. The Morgan fingerprint density at radius 3 is 1.35 bits per heavy atom. The highest BCUT2D eigenvalue weighted by atomic mass is 15.0. The van der Waals surface area contributed by atoms with Crippen LogP contribution in [0.3, 0.4) is 0 Å². The average Bonchev–Trinajstić information content (AvgIpc) is 3.90. The molecule has 316 valence electrons. The van der Waals surface area contributed by atoms with Crippen molar-refractivity contribution in [3.63, 3.8) is 0 Å². The van der Waals surface area contributed by atoms with Crippen molar-refractivity contribution in [1.82, 2.24) is 19.1 Å². The van der Waals surface area contributed by atoms with Crippen LogP contribution in [0.2, 0.25) is 0 Å². The Balaban J connectivity index is 0.00000238. The Bertz CT molecular complexity index is 3710. The lowest BCUT2D eigenvalue weighted by Gasteiger charge is -2.17. The van der Waals surface area contributed by atoms with E-state index < -0.39 is 0 Å². The highest BCUT2D eigenvalue weighted by molar-refractivity contribution is 6.11. The molecular weight excluding hydrogens is 801 g/mol. The lowest BCUT2D eigenvalue weighted by atomic mass is 9.88. The molecule has 4 heterocycles. The summed E-state index contributed by atoms with van der Waals surface area (Å²) in [5.41, 5.74) is 20.4. The molecule has 4 aromatic heterocycles. The van der Waals surface area contributed by atoms with Crippen LogP contribution in [-0.4, -0.2) is 19.1 Å². The van der Waals surface area contributed by atoms with Crippen molar-refractivity contribution in [3.8, 4) is 67.3 Å². The van der Waals surface area contributed by atoms with Gasteiger partial charge >= 0.3 is 0 Å². The van der Waals surface area contributed by atoms with Crippen LogP contribution in [0.4, 0.5) is 0 Å².